The van der Waals surface area contributed by atoms with Gasteiger partial charge in [0.2, 0.25) is 11.8 Å². The van der Waals surface area contributed by atoms with E-state index in [-0.39, 0.29) is 17.9 Å². The monoisotopic (exact) mass is 341 g/mol. The molecule has 0 bridgehead atoms. The van der Waals surface area contributed by atoms with Crippen LogP contribution in [0.25, 0.3) is 6.08 Å². The van der Waals surface area contributed by atoms with Gasteiger partial charge in [-0.2, -0.15) is 0 Å². The van der Waals surface area contributed by atoms with Crippen molar-refractivity contribution in [3.05, 3.63) is 42.0 Å². The predicted octanol–water partition coefficient (Wildman–Crippen LogP) is 1.81. The summed E-state index contributed by atoms with van der Waals surface area (Å²) in [5.41, 5.74) is 1.03. The highest BCUT2D eigenvalue weighted by atomic mass is 16.2. The highest BCUT2D eigenvalue weighted by Gasteiger charge is 2.25. The van der Waals surface area contributed by atoms with Crippen molar-refractivity contribution in [3.8, 4) is 0 Å². The molecular formula is C20H27N3O2. The summed E-state index contributed by atoms with van der Waals surface area (Å²) in [5.74, 6) is 0.496. The van der Waals surface area contributed by atoms with E-state index in [0.29, 0.717) is 12.5 Å². The van der Waals surface area contributed by atoms with Gasteiger partial charge in [-0.15, -0.1) is 0 Å². The van der Waals surface area contributed by atoms with E-state index in [1.54, 1.807) is 6.08 Å². The molecule has 2 heterocycles. The van der Waals surface area contributed by atoms with Crippen LogP contribution in [-0.2, 0) is 9.59 Å². The van der Waals surface area contributed by atoms with E-state index < -0.39 is 0 Å². The van der Waals surface area contributed by atoms with Gasteiger partial charge < -0.3 is 15.5 Å². The molecule has 0 aromatic heterocycles. The number of hydrogen-bond acceptors (Lipinski definition) is 3. The minimum atomic E-state index is -0.0323. The first-order chi connectivity index (χ1) is 12.2. The SMILES string of the molecule is O=C(NC[C@H]1CCCN(C(=O)/C=C/c2ccccc2)C1)[C@H]1CCCN1. The maximum Gasteiger partial charge on any atom is 0.246 e. The summed E-state index contributed by atoms with van der Waals surface area (Å²) < 4.78 is 0. The second kappa shape index (κ2) is 8.81. The number of amides is 2. The van der Waals surface area contributed by atoms with Crippen LogP contribution in [0.3, 0.4) is 0 Å². The summed E-state index contributed by atoms with van der Waals surface area (Å²) in [4.78, 5) is 26.4. The van der Waals surface area contributed by atoms with Gasteiger partial charge in [-0.3, -0.25) is 9.59 Å². The summed E-state index contributed by atoms with van der Waals surface area (Å²) in [6, 6.07) is 9.82. The van der Waals surface area contributed by atoms with E-state index >= 15 is 0 Å². The maximum atomic E-state index is 12.4. The summed E-state index contributed by atoms with van der Waals surface area (Å²) in [7, 11) is 0. The molecule has 25 heavy (non-hydrogen) atoms. The van der Waals surface area contributed by atoms with Crippen LogP contribution in [0.4, 0.5) is 0 Å². The van der Waals surface area contributed by atoms with Crippen LogP contribution < -0.4 is 10.6 Å². The fourth-order valence-electron chi connectivity index (χ4n) is 3.55. The molecule has 2 fully saturated rings. The fraction of sp³-hybridized carbons (Fsp3) is 0.500. The van der Waals surface area contributed by atoms with Crippen LogP contribution in [0, 0.1) is 5.92 Å². The lowest BCUT2D eigenvalue weighted by Gasteiger charge is -2.32. The van der Waals surface area contributed by atoms with Gasteiger partial charge in [-0.1, -0.05) is 30.3 Å². The number of hydrogen-bond donors (Lipinski definition) is 2. The number of nitrogens with one attached hydrogen (secondary N) is 2. The Balaban J connectivity index is 1.46. The van der Waals surface area contributed by atoms with Crippen molar-refractivity contribution in [2.24, 2.45) is 5.92 Å². The van der Waals surface area contributed by atoms with Crippen LogP contribution in [0.5, 0.6) is 0 Å². The molecule has 1 aromatic carbocycles. The first-order valence-electron chi connectivity index (χ1n) is 9.25. The molecule has 5 heteroatoms. The molecule has 2 aliphatic heterocycles. The Labute approximate surface area is 149 Å². The van der Waals surface area contributed by atoms with Crippen LogP contribution in [0.2, 0.25) is 0 Å². The lowest BCUT2D eigenvalue weighted by molar-refractivity contribution is -0.127. The van der Waals surface area contributed by atoms with Gasteiger partial charge in [0.15, 0.2) is 0 Å². The number of carbonyl (C=O) groups excluding carboxylic acids is 2. The lowest BCUT2D eigenvalue weighted by atomic mass is 9.97. The highest BCUT2D eigenvalue weighted by molar-refractivity contribution is 5.91. The van der Waals surface area contributed by atoms with E-state index in [0.717, 1.165) is 50.9 Å². The van der Waals surface area contributed by atoms with Gasteiger partial charge >= 0.3 is 0 Å². The van der Waals surface area contributed by atoms with Gasteiger partial charge in [0.1, 0.15) is 0 Å². The molecule has 3 rings (SSSR count). The average Bonchev–Trinajstić information content (AvgIpc) is 3.20. The van der Waals surface area contributed by atoms with E-state index in [9.17, 15) is 9.59 Å². The minimum Gasteiger partial charge on any atom is -0.354 e. The zero-order valence-corrected chi connectivity index (χ0v) is 14.6. The molecule has 0 spiro atoms. The third-order valence-electron chi connectivity index (χ3n) is 4.99. The first kappa shape index (κ1) is 17.7. The highest BCUT2D eigenvalue weighted by Crippen LogP contribution is 2.17. The van der Waals surface area contributed by atoms with Crippen LogP contribution >= 0.6 is 0 Å². The topological polar surface area (TPSA) is 61.4 Å². The number of piperidine rings is 1. The van der Waals surface area contributed by atoms with Gasteiger partial charge in [0.05, 0.1) is 6.04 Å². The molecule has 1 aromatic rings. The summed E-state index contributed by atoms with van der Waals surface area (Å²) in [6.45, 7) is 3.10. The predicted molar refractivity (Wildman–Crippen MR) is 98.8 cm³/mol. The number of likely N-dealkylation sites (tertiary alicyclic amines) is 1. The van der Waals surface area contributed by atoms with E-state index in [2.05, 4.69) is 10.6 Å². The standard InChI is InChI=1S/C20H27N3O2/c24-19(11-10-16-6-2-1-3-7-16)23-13-5-8-17(15-23)14-22-20(25)18-9-4-12-21-18/h1-3,6-7,10-11,17-18,21H,4-5,8-9,12-15H2,(H,22,25)/b11-10+/t17-,18-/m1/s1. The van der Waals surface area contributed by atoms with E-state index in [1.165, 1.54) is 0 Å². The fourth-order valence-corrected chi connectivity index (χ4v) is 3.55. The zero-order chi connectivity index (χ0) is 17.5. The number of rotatable bonds is 5. The van der Waals surface area contributed by atoms with Gasteiger partial charge in [0, 0.05) is 25.7 Å². The Morgan fingerprint density at radius 3 is 2.80 bits per heavy atom. The largest absolute Gasteiger partial charge is 0.354 e. The third kappa shape index (κ3) is 5.16. The van der Waals surface area contributed by atoms with Crippen molar-refractivity contribution in [2.45, 2.75) is 31.7 Å². The zero-order valence-electron chi connectivity index (χ0n) is 14.6. The summed E-state index contributed by atoms with van der Waals surface area (Å²) >= 11 is 0. The van der Waals surface area contributed by atoms with Crippen molar-refractivity contribution in [2.75, 3.05) is 26.2 Å². The average molecular weight is 341 g/mol. The molecule has 134 valence electrons. The van der Waals surface area contributed by atoms with Gasteiger partial charge in [-0.25, -0.2) is 0 Å². The molecule has 2 amide bonds. The second-order valence-corrected chi connectivity index (χ2v) is 6.93. The maximum absolute atomic E-state index is 12.4. The molecule has 2 saturated heterocycles. The van der Waals surface area contributed by atoms with Crippen molar-refractivity contribution < 1.29 is 9.59 Å². The van der Waals surface area contributed by atoms with Crippen molar-refractivity contribution in [1.29, 1.82) is 0 Å². The molecule has 5 nitrogen and oxygen atoms in total. The van der Waals surface area contributed by atoms with Crippen molar-refractivity contribution >= 4 is 17.9 Å². The molecule has 0 saturated carbocycles. The molecule has 0 radical (unpaired) electrons. The smallest absolute Gasteiger partial charge is 0.246 e. The van der Waals surface area contributed by atoms with Crippen LogP contribution in [0.15, 0.2) is 36.4 Å². The summed E-state index contributed by atoms with van der Waals surface area (Å²) in [5, 5.41) is 6.27. The second-order valence-electron chi connectivity index (χ2n) is 6.93. The third-order valence-corrected chi connectivity index (χ3v) is 4.99. The first-order valence-corrected chi connectivity index (χ1v) is 9.25. The summed E-state index contributed by atoms with van der Waals surface area (Å²) in [6.07, 6.45) is 7.55. The molecule has 2 aliphatic rings. The van der Waals surface area contributed by atoms with E-state index in [4.69, 9.17) is 0 Å². The van der Waals surface area contributed by atoms with Crippen LogP contribution in [0.1, 0.15) is 31.2 Å². The normalized spacial score (nSPS) is 23.8. The Hall–Kier alpha value is -2.14. The Bertz CT molecular complexity index is 609. The van der Waals surface area contributed by atoms with Gasteiger partial charge in [-0.05, 0) is 49.8 Å². The molecular weight excluding hydrogens is 314 g/mol. The number of carbonyl (C=O) groups is 2. The molecule has 2 atom stereocenters. The minimum absolute atomic E-state index is 0.0323. The van der Waals surface area contributed by atoms with Crippen molar-refractivity contribution in [1.82, 2.24) is 15.5 Å². The van der Waals surface area contributed by atoms with Gasteiger partial charge in [0.25, 0.3) is 0 Å². The van der Waals surface area contributed by atoms with Crippen LogP contribution in [-0.4, -0.2) is 48.9 Å². The Morgan fingerprint density at radius 2 is 2.04 bits per heavy atom. The number of nitrogens with zero attached hydrogens (tertiary/aromatic N) is 1. The Morgan fingerprint density at radius 1 is 1.20 bits per heavy atom. The molecule has 2 N–H and O–H groups in total. The molecule has 0 aliphatic carbocycles. The number of benzene rings is 1. The van der Waals surface area contributed by atoms with E-state index in [1.807, 2.05) is 41.3 Å². The van der Waals surface area contributed by atoms with Crippen molar-refractivity contribution in [3.63, 3.8) is 0 Å². The quantitative estimate of drug-likeness (QED) is 0.803. The Kier molecular flexibility index (Phi) is 6.23. The molecule has 0 unspecified atom stereocenters. The lowest BCUT2D eigenvalue weighted by Crippen LogP contribution is -2.46.